The molecule has 0 amide bonds. The first-order chi connectivity index (χ1) is 15.1. The van der Waals surface area contributed by atoms with Gasteiger partial charge in [0.05, 0.1) is 6.10 Å². The maximum absolute atomic E-state index is 10.8. The maximum Gasteiger partial charge on any atom is 0.335 e. The average molecular weight is 612 g/mol. The Bertz CT molecular complexity index is 476. The Morgan fingerprint density at radius 2 is 1.18 bits per heavy atom. The van der Waals surface area contributed by atoms with Crippen LogP contribution in [0.2, 0.25) is 0 Å². The van der Waals surface area contributed by atoms with Gasteiger partial charge in [-0.25, -0.2) is 4.79 Å². The number of rotatable bonds is 8. The summed E-state index contributed by atoms with van der Waals surface area (Å²) in [4.78, 5) is 10.8. The van der Waals surface area contributed by atoms with Crippen molar-refractivity contribution in [3.8, 4) is 0 Å². The number of methoxy groups -OCH3 is 2. The number of benzene rings is 2. The fourth-order valence-corrected chi connectivity index (χ4v) is 1.65. The van der Waals surface area contributed by atoms with Gasteiger partial charge in [0.1, 0.15) is 6.29 Å². The Morgan fingerprint density at radius 3 is 1.33 bits per heavy atom. The molecule has 184 valence electrons. The van der Waals surface area contributed by atoms with E-state index in [0.29, 0.717) is 0 Å². The molecule has 2 rings (SSSR count). The molecule has 0 saturated carbocycles. The van der Waals surface area contributed by atoms with Crippen LogP contribution < -0.4 is 0 Å². The molecule has 2 radical (unpaired) electrons. The van der Waals surface area contributed by atoms with E-state index < -0.39 is 24.5 Å². The van der Waals surface area contributed by atoms with E-state index in [-0.39, 0.29) is 78.5 Å². The van der Waals surface area contributed by atoms with E-state index in [2.05, 4.69) is 12.1 Å². The van der Waals surface area contributed by atoms with Crippen LogP contribution in [0.4, 0.5) is 0 Å². The number of ether oxygens (including phenoxy) is 3. The zero-order valence-electron chi connectivity index (χ0n) is 20.7. The number of carboxylic acids is 1. The van der Waals surface area contributed by atoms with E-state index in [1.54, 1.807) is 0 Å². The Kier molecular flexibility index (Phi) is 47.6. The van der Waals surface area contributed by atoms with Crippen LogP contribution in [0.15, 0.2) is 60.7 Å². The van der Waals surface area contributed by atoms with E-state index in [1.807, 2.05) is 88.4 Å². The second-order valence-electron chi connectivity index (χ2n) is 4.90. The normalized spacial score (nSPS) is 11.0. The Balaban J connectivity index is -0.000000120. The fraction of sp³-hybridized carbons (Fsp3) is 0.458. The Hall–Kier alpha value is -0.0822. The molecule has 2 aromatic carbocycles. The molecule has 0 saturated heterocycles. The van der Waals surface area contributed by atoms with E-state index in [4.69, 9.17) is 30.8 Å². The molecular formula is C24H38N2O5Y2-4. The summed E-state index contributed by atoms with van der Waals surface area (Å²) in [6.07, 6.45) is -3.08. The van der Waals surface area contributed by atoms with Crippen LogP contribution in [0.25, 0.3) is 11.5 Å². The standard InChI is InChI=1S/C8H16N2O5.2C6H5.2C2H6.2Y/c1-13-5(3-9)7(8(11)12)15-6(4-10)14-2;2*1-2-4-6-5-3-1;2*1-2;;/h5-7,9-10H,3-4H2,1-2H3,(H,11,12);2*1-5H;2*1-2H3;;/q-2;2*-1;;;;. The van der Waals surface area contributed by atoms with Crippen molar-refractivity contribution in [2.24, 2.45) is 0 Å². The molecule has 7 nitrogen and oxygen atoms in total. The number of hydrogen-bond acceptors (Lipinski definition) is 4. The first-order valence-corrected chi connectivity index (χ1v) is 10.2. The fourth-order valence-electron chi connectivity index (χ4n) is 1.65. The first kappa shape index (κ1) is 43.0. The molecule has 3 atom stereocenters. The van der Waals surface area contributed by atoms with Gasteiger partial charge in [-0.05, 0) is 0 Å². The Labute approximate surface area is 251 Å². The number of aliphatic carboxylic acids is 1. The molecule has 0 bridgehead atoms. The van der Waals surface area contributed by atoms with Crippen LogP contribution >= 0.6 is 0 Å². The largest absolute Gasteiger partial charge is 0.675 e. The van der Waals surface area contributed by atoms with Crippen molar-refractivity contribution < 1.29 is 89.5 Å². The van der Waals surface area contributed by atoms with Crippen LogP contribution in [0.5, 0.6) is 0 Å². The predicted octanol–water partition coefficient (Wildman–Crippen LogP) is 5.57. The molecule has 0 spiro atoms. The second kappa shape index (κ2) is 36.5. The molecule has 33 heavy (non-hydrogen) atoms. The van der Waals surface area contributed by atoms with Crippen molar-refractivity contribution in [2.75, 3.05) is 27.3 Å². The van der Waals surface area contributed by atoms with Crippen LogP contribution in [-0.2, 0) is 84.4 Å². The van der Waals surface area contributed by atoms with Crippen molar-refractivity contribution in [2.45, 2.75) is 46.2 Å². The van der Waals surface area contributed by atoms with Gasteiger partial charge >= 0.3 is 5.97 Å². The average Bonchev–Trinajstić information content (AvgIpc) is 2.87. The zero-order valence-corrected chi connectivity index (χ0v) is 26.3. The second-order valence-corrected chi connectivity index (χ2v) is 4.90. The smallest absolute Gasteiger partial charge is 0.335 e. The molecule has 2 aromatic rings. The minimum Gasteiger partial charge on any atom is -0.675 e. The van der Waals surface area contributed by atoms with Gasteiger partial charge in [-0.1, -0.05) is 34.2 Å². The number of nitrogens with one attached hydrogen (secondary N) is 2. The van der Waals surface area contributed by atoms with Gasteiger partial charge in [-0.3, -0.25) is 0 Å². The minimum absolute atomic E-state index is 0. The third-order valence-electron chi connectivity index (χ3n) is 3.03. The van der Waals surface area contributed by atoms with Crippen LogP contribution in [0.3, 0.4) is 0 Å². The summed E-state index contributed by atoms with van der Waals surface area (Å²) in [6, 6.07) is 25.0. The molecule has 0 heterocycles. The number of carbonyl (C=O) groups is 1. The molecule has 0 aliphatic heterocycles. The maximum atomic E-state index is 10.8. The molecule has 0 aliphatic carbocycles. The van der Waals surface area contributed by atoms with Gasteiger partial charge in [0.25, 0.3) is 0 Å². The molecule has 3 unspecified atom stereocenters. The first-order valence-electron chi connectivity index (χ1n) is 10.2. The van der Waals surface area contributed by atoms with E-state index in [0.717, 1.165) is 0 Å². The summed E-state index contributed by atoms with van der Waals surface area (Å²) in [7, 11) is 2.63. The quantitative estimate of drug-likeness (QED) is 0.310. The monoisotopic (exact) mass is 612 g/mol. The predicted molar refractivity (Wildman–Crippen MR) is 126 cm³/mol. The van der Waals surface area contributed by atoms with Gasteiger partial charge in [0.15, 0.2) is 6.10 Å². The summed E-state index contributed by atoms with van der Waals surface area (Å²) < 4.78 is 14.5. The summed E-state index contributed by atoms with van der Waals surface area (Å²) in [5.41, 5.74) is 14.1. The van der Waals surface area contributed by atoms with Crippen molar-refractivity contribution >= 4 is 5.97 Å². The van der Waals surface area contributed by atoms with E-state index in [1.165, 1.54) is 14.2 Å². The third kappa shape index (κ3) is 28.0. The number of carboxylic acid groups (broad SMARTS) is 1. The van der Waals surface area contributed by atoms with Crippen LogP contribution in [0.1, 0.15) is 27.7 Å². The number of hydrogen-bond donors (Lipinski definition) is 1. The van der Waals surface area contributed by atoms with Crippen molar-refractivity contribution in [1.82, 2.24) is 0 Å². The van der Waals surface area contributed by atoms with E-state index >= 15 is 0 Å². The minimum atomic E-state index is -1.29. The summed E-state index contributed by atoms with van der Waals surface area (Å²) in [5.74, 6) is -1.23. The van der Waals surface area contributed by atoms with Crippen LogP contribution in [-0.4, -0.2) is 56.9 Å². The van der Waals surface area contributed by atoms with Gasteiger partial charge in [-0.2, -0.15) is 72.8 Å². The van der Waals surface area contributed by atoms with Crippen molar-refractivity contribution in [3.05, 3.63) is 84.3 Å². The van der Waals surface area contributed by atoms with E-state index in [9.17, 15) is 4.79 Å². The van der Waals surface area contributed by atoms with Gasteiger partial charge in [0.2, 0.25) is 0 Å². The molecule has 0 fully saturated rings. The summed E-state index contributed by atoms with van der Waals surface area (Å²) in [6.45, 7) is 7.55. The SMILES string of the molecule is CC.CC.COC(C[NH-])OC(C(=O)O)C(C[NH-])OC.[Y].[Y].[c-]1ccccc1.[c-]1ccccc1. The molecule has 9 heteroatoms. The summed E-state index contributed by atoms with van der Waals surface area (Å²) >= 11 is 0. The van der Waals surface area contributed by atoms with Crippen LogP contribution in [0, 0.1) is 12.1 Å². The Morgan fingerprint density at radius 1 is 0.788 bits per heavy atom. The van der Waals surface area contributed by atoms with Gasteiger partial charge < -0.3 is 30.8 Å². The van der Waals surface area contributed by atoms with Gasteiger partial charge in [-0.15, -0.1) is 6.54 Å². The molecule has 0 aliphatic rings. The molecule has 3 N–H and O–H groups in total. The third-order valence-corrected chi connectivity index (χ3v) is 3.03. The molecule has 0 aromatic heterocycles. The van der Waals surface area contributed by atoms with Crippen molar-refractivity contribution in [3.63, 3.8) is 0 Å². The topological polar surface area (TPSA) is 113 Å². The van der Waals surface area contributed by atoms with Gasteiger partial charge in [0, 0.05) is 79.6 Å². The molecular weight excluding hydrogens is 574 g/mol. The summed E-state index contributed by atoms with van der Waals surface area (Å²) in [5, 5.41) is 8.84. The van der Waals surface area contributed by atoms with Crippen molar-refractivity contribution in [1.29, 1.82) is 0 Å². The zero-order chi connectivity index (χ0) is 24.3.